The zero-order valence-electron chi connectivity index (χ0n) is 12.9. The summed E-state index contributed by atoms with van der Waals surface area (Å²) in [5, 5.41) is 7.29. The van der Waals surface area contributed by atoms with Gasteiger partial charge in [-0.2, -0.15) is 0 Å². The molecule has 3 aromatic rings. The summed E-state index contributed by atoms with van der Waals surface area (Å²) in [5.41, 5.74) is 0.552. The fourth-order valence-corrected chi connectivity index (χ4v) is 4.13. The summed E-state index contributed by atoms with van der Waals surface area (Å²) in [6.07, 6.45) is 1.60. The molecule has 0 atom stereocenters. The molecule has 0 saturated carbocycles. The quantitative estimate of drug-likeness (QED) is 0.620. The van der Waals surface area contributed by atoms with E-state index in [9.17, 15) is 4.79 Å². The summed E-state index contributed by atoms with van der Waals surface area (Å²) < 4.78 is 0. The maximum Gasteiger partial charge on any atom is 0.279 e. The van der Waals surface area contributed by atoms with E-state index in [0.29, 0.717) is 17.4 Å². The molecule has 3 aromatic heterocycles. The lowest BCUT2D eigenvalue weighted by Crippen LogP contribution is -3.10. The zero-order chi connectivity index (χ0) is 16.8. The van der Waals surface area contributed by atoms with Gasteiger partial charge >= 0.3 is 0 Å². The van der Waals surface area contributed by atoms with Crippen LogP contribution in [0.25, 0.3) is 0 Å². The van der Waals surface area contributed by atoms with Gasteiger partial charge in [-0.3, -0.25) is 4.79 Å². The molecule has 0 aliphatic heterocycles. The Bertz CT molecular complexity index is 739. The summed E-state index contributed by atoms with van der Waals surface area (Å²) in [6, 6.07) is 11.8. The Hall–Kier alpha value is -1.73. The van der Waals surface area contributed by atoms with E-state index in [4.69, 9.17) is 11.6 Å². The number of pyridine rings is 1. The molecule has 7 heteroatoms. The van der Waals surface area contributed by atoms with Crippen molar-refractivity contribution in [3.63, 3.8) is 0 Å². The number of quaternary nitrogens is 1. The van der Waals surface area contributed by atoms with Crippen molar-refractivity contribution in [1.82, 2.24) is 4.98 Å². The van der Waals surface area contributed by atoms with Gasteiger partial charge in [-0.15, -0.1) is 22.7 Å². The zero-order valence-corrected chi connectivity index (χ0v) is 15.3. The molecule has 1 amide bonds. The largest absolute Gasteiger partial charge is 0.319 e. The lowest BCUT2D eigenvalue weighted by atomic mass is 10.3. The number of nitrogens with zero attached hydrogens (tertiary/aromatic N) is 1. The van der Waals surface area contributed by atoms with Gasteiger partial charge in [0.1, 0.15) is 13.1 Å². The van der Waals surface area contributed by atoms with Crippen LogP contribution < -0.4 is 10.2 Å². The van der Waals surface area contributed by atoms with Gasteiger partial charge in [0.2, 0.25) is 0 Å². The number of aromatic nitrogens is 1. The lowest BCUT2D eigenvalue weighted by molar-refractivity contribution is -0.918. The SMILES string of the molecule is O=C(C[NH+](Cc1cccs1)Cc1cccs1)Nc1cccnc1Cl. The Morgan fingerprint density at radius 1 is 1.08 bits per heavy atom. The molecular weight excluding hydrogens is 362 g/mol. The molecule has 124 valence electrons. The predicted octanol–water partition coefficient (Wildman–Crippen LogP) is 3.08. The first-order chi connectivity index (χ1) is 11.7. The smallest absolute Gasteiger partial charge is 0.279 e. The summed E-state index contributed by atoms with van der Waals surface area (Å²) in [5.74, 6) is -0.0620. The van der Waals surface area contributed by atoms with Crippen molar-refractivity contribution < 1.29 is 9.69 Å². The summed E-state index contributed by atoms with van der Waals surface area (Å²) in [7, 11) is 0. The minimum Gasteiger partial charge on any atom is -0.319 e. The van der Waals surface area contributed by atoms with Crippen molar-refractivity contribution in [2.75, 3.05) is 11.9 Å². The number of hydrogen-bond donors (Lipinski definition) is 2. The molecule has 0 fully saturated rings. The van der Waals surface area contributed by atoms with Crippen LogP contribution >= 0.6 is 34.3 Å². The third kappa shape index (κ3) is 4.88. The highest BCUT2D eigenvalue weighted by Crippen LogP contribution is 2.17. The molecular formula is C17H17ClN3OS2+. The van der Waals surface area contributed by atoms with Gasteiger partial charge < -0.3 is 10.2 Å². The Labute approximate surface area is 153 Å². The molecule has 0 aliphatic carbocycles. The van der Waals surface area contributed by atoms with E-state index in [1.54, 1.807) is 41.0 Å². The maximum atomic E-state index is 12.4. The highest BCUT2D eigenvalue weighted by atomic mass is 35.5. The first-order valence-corrected chi connectivity index (χ1v) is 9.63. The predicted molar refractivity (Wildman–Crippen MR) is 99.8 cm³/mol. The maximum absolute atomic E-state index is 12.4. The van der Waals surface area contributed by atoms with Gasteiger partial charge in [0.15, 0.2) is 11.7 Å². The topological polar surface area (TPSA) is 46.4 Å². The van der Waals surface area contributed by atoms with Crippen LogP contribution in [-0.2, 0) is 17.9 Å². The van der Waals surface area contributed by atoms with Crippen LogP contribution in [0.4, 0.5) is 5.69 Å². The molecule has 4 nitrogen and oxygen atoms in total. The number of thiophene rings is 2. The molecule has 0 spiro atoms. The van der Waals surface area contributed by atoms with Gasteiger partial charge in [-0.1, -0.05) is 23.7 Å². The number of amides is 1. The average Bonchev–Trinajstić information content (AvgIpc) is 3.23. The second-order valence-corrected chi connectivity index (χ2v) is 7.75. The van der Waals surface area contributed by atoms with Crippen molar-refractivity contribution in [3.05, 3.63) is 68.3 Å². The number of nitrogens with one attached hydrogen (secondary N) is 2. The highest BCUT2D eigenvalue weighted by molar-refractivity contribution is 7.10. The first kappa shape index (κ1) is 17.1. The van der Waals surface area contributed by atoms with E-state index in [1.165, 1.54) is 14.7 Å². The molecule has 0 aliphatic rings. The second-order valence-electron chi connectivity index (χ2n) is 5.33. The van der Waals surface area contributed by atoms with Gasteiger partial charge in [0.05, 0.1) is 15.4 Å². The Kier molecular flexibility index (Phi) is 5.98. The van der Waals surface area contributed by atoms with Crippen LogP contribution in [0.15, 0.2) is 53.4 Å². The van der Waals surface area contributed by atoms with Crippen molar-refractivity contribution in [2.45, 2.75) is 13.1 Å². The van der Waals surface area contributed by atoms with Crippen LogP contribution in [0.2, 0.25) is 5.15 Å². The van der Waals surface area contributed by atoms with Crippen molar-refractivity contribution >= 4 is 45.9 Å². The molecule has 0 radical (unpaired) electrons. The van der Waals surface area contributed by atoms with Crippen LogP contribution in [-0.4, -0.2) is 17.4 Å². The fourth-order valence-electron chi connectivity index (χ4n) is 2.41. The molecule has 0 unspecified atom stereocenters. The summed E-state index contributed by atoms with van der Waals surface area (Å²) in [4.78, 5) is 20.1. The van der Waals surface area contributed by atoms with E-state index in [-0.39, 0.29) is 5.91 Å². The summed E-state index contributed by atoms with van der Waals surface area (Å²) >= 11 is 9.44. The van der Waals surface area contributed by atoms with E-state index in [1.807, 2.05) is 12.1 Å². The van der Waals surface area contributed by atoms with Gasteiger partial charge in [-0.25, -0.2) is 4.98 Å². The number of halogens is 1. The van der Waals surface area contributed by atoms with Crippen LogP contribution in [0.5, 0.6) is 0 Å². The van der Waals surface area contributed by atoms with Crippen molar-refractivity contribution in [2.24, 2.45) is 0 Å². The van der Waals surface area contributed by atoms with Crippen molar-refractivity contribution in [3.8, 4) is 0 Å². The number of carbonyl (C=O) groups is 1. The molecule has 0 saturated heterocycles. The molecule has 0 bridgehead atoms. The number of hydrogen-bond acceptors (Lipinski definition) is 4. The number of anilines is 1. The third-order valence-electron chi connectivity index (χ3n) is 3.45. The van der Waals surface area contributed by atoms with E-state index in [0.717, 1.165) is 13.1 Å². The van der Waals surface area contributed by atoms with Gasteiger partial charge in [0.25, 0.3) is 5.91 Å². The molecule has 24 heavy (non-hydrogen) atoms. The first-order valence-electron chi connectivity index (χ1n) is 7.49. The molecule has 3 rings (SSSR count). The number of rotatable bonds is 7. The summed E-state index contributed by atoms with van der Waals surface area (Å²) in [6.45, 7) is 2.02. The van der Waals surface area contributed by atoms with Crippen LogP contribution in [0, 0.1) is 0 Å². The highest BCUT2D eigenvalue weighted by Gasteiger charge is 2.17. The van der Waals surface area contributed by atoms with Gasteiger partial charge in [0, 0.05) is 6.20 Å². The minimum atomic E-state index is -0.0620. The van der Waals surface area contributed by atoms with E-state index in [2.05, 4.69) is 33.2 Å². The normalized spacial score (nSPS) is 10.9. The fraction of sp³-hybridized carbons (Fsp3) is 0.176. The average molecular weight is 379 g/mol. The standard InChI is InChI=1S/C17H16ClN3OS2/c18-17-15(6-1-7-19-17)20-16(22)12-21(10-13-4-2-8-23-13)11-14-5-3-9-24-14/h1-9H,10-12H2,(H,20,22)/p+1. The number of carbonyl (C=O) groups excluding carboxylic acids is 1. The van der Waals surface area contributed by atoms with Crippen LogP contribution in [0.1, 0.15) is 9.75 Å². The van der Waals surface area contributed by atoms with Crippen molar-refractivity contribution in [1.29, 1.82) is 0 Å². The van der Waals surface area contributed by atoms with Gasteiger partial charge in [-0.05, 0) is 35.0 Å². The monoisotopic (exact) mass is 378 g/mol. The molecule has 2 N–H and O–H groups in total. The molecule has 0 aromatic carbocycles. The van der Waals surface area contributed by atoms with E-state index >= 15 is 0 Å². The Morgan fingerprint density at radius 2 is 1.75 bits per heavy atom. The Morgan fingerprint density at radius 3 is 2.29 bits per heavy atom. The lowest BCUT2D eigenvalue weighted by Gasteiger charge is -2.18. The van der Waals surface area contributed by atoms with E-state index < -0.39 is 0 Å². The second kappa shape index (κ2) is 8.39. The third-order valence-corrected chi connectivity index (χ3v) is 5.51. The molecule has 3 heterocycles. The Balaban J connectivity index is 1.66. The van der Waals surface area contributed by atoms with Crippen LogP contribution in [0.3, 0.4) is 0 Å². The minimum absolute atomic E-state index is 0.0620.